The van der Waals surface area contributed by atoms with Gasteiger partial charge in [-0.2, -0.15) is 0 Å². The average Bonchev–Trinajstić information content (AvgIpc) is 3.38. The highest BCUT2D eigenvalue weighted by atomic mass is 35.5. The number of hydrogen-bond donors (Lipinski definition) is 1. The zero-order valence-electron chi connectivity index (χ0n) is 19.0. The number of halogens is 1. The zero-order valence-corrected chi connectivity index (χ0v) is 19.7. The average molecular weight is 478 g/mol. The first-order valence-electron chi connectivity index (χ1n) is 11.7. The third kappa shape index (κ3) is 5.55. The van der Waals surface area contributed by atoms with E-state index in [2.05, 4.69) is 20.2 Å². The summed E-state index contributed by atoms with van der Waals surface area (Å²) in [6.07, 6.45) is 4.39. The first-order valence-corrected chi connectivity index (χ1v) is 12.1. The smallest absolute Gasteiger partial charge is 0.253 e. The van der Waals surface area contributed by atoms with Crippen molar-refractivity contribution in [1.29, 1.82) is 0 Å². The molecule has 7 nitrogen and oxygen atoms in total. The van der Waals surface area contributed by atoms with Crippen molar-refractivity contribution in [3.05, 3.63) is 71.4 Å². The fourth-order valence-electron chi connectivity index (χ4n) is 4.42. The molecule has 34 heavy (non-hydrogen) atoms. The number of aromatic nitrogens is 2. The summed E-state index contributed by atoms with van der Waals surface area (Å²) in [7, 11) is 0. The Labute approximate surface area is 204 Å². The van der Waals surface area contributed by atoms with Crippen molar-refractivity contribution in [2.24, 2.45) is 0 Å². The second kappa shape index (κ2) is 10.5. The minimum absolute atomic E-state index is 0.0734. The second-order valence-electron chi connectivity index (χ2n) is 8.70. The van der Waals surface area contributed by atoms with Crippen LogP contribution in [0.15, 0.2) is 60.8 Å². The predicted octanol–water partition coefficient (Wildman–Crippen LogP) is 4.48. The number of carbonyl (C=O) groups is 1. The van der Waals surface area contributed by atoms with Crippen LogP contribution in [-0.4, -0.2) is 71.1 Å². The van der Waals surface area contributed by atoms with Crippen LogP contribution in [0.3, 0.4) is 0 Å². The number of benzene rings is 2. The van der Waals surface area contributed by atoms with Gasteiger partial charge in [-0.3, -0.25) is 9.69 Å². The quantitative estimate of drug-likeness (QED) is 0.564. The van der Waals surface area contributed by atoms with E-state index in [0.717, 1.165) is 69.1 Å². The van der Waals surface area contributed by atoms with Gasteiger partial charge in [-0.25, -0.2) is 9.97 Å². The lowest BCUT2D eigenvalue weighted by Gasteiger charge is -2.35. The van der Waals surface area contributed by atoms with Gasteiger partial charge in [0, 0.05) is 67.4 Å². The fourth-order valence-corrected chi connectivity index (χ4v) is 4.54. The van der Waals surface area contributed by atoms with Gasteiger partial charge in [-0.05, 0) is 55.3 Å². The highest BCUT2D eigenvalue weighted by molar-refractivity contribution is 6.30. The predicted molar refractivity (Wildman–Crippen MR) is 134 cm³/mol. The summed E-state index contributed by atoms with van der Waals surface area (Å²) in [4.78, 5) is 26.2. The molecular weight excluding hydrogens is 450 g/mol. The lowest BCUT2D eigenvalue weighted by Crippen LogP contribution is -2.50. The highest BCUT2D eigenvalue weighted by Gasteiger charge is 2.25. The van der Waals surface area contributed by atoms with Crippen LogP contribution >= 0.6 is 11.6 Å². The van der Waals surface area contributed by atoms with Crippen molar-refractivity contribution in [3.63, 3.8) is 0 Å². The Morgan fingerprint density at radius 3 is 2.50 bits per heavy atom. The first kappa shape index (κ1) is 22.8. The molecular formula is C26H28ClN5O2. The molecule has 8 heteroatoms. The molecule has 1 aromatic heterocycles. The van der Waals surface area contributed by atoms with Crippen molar-refractivity contribution < 1.29 is 9.53 Å². The van der Waals surface area contributed by atoms with Crippen LogP contribution in [0, 0.1) is 0 Å². The number of amides is 1. The summed E-state index contributed by atoms with van der Waals surface area (Å²) in [5, 5.41) is 3.91. The Hall–Kier alpha value is -3.00. The number of ether oxygens (including phenoxy) is 1. The summed E-state index contributed by atoms with van der Waals surface area (Å²) in [5.74, 6) is 0.568. The Kier molecular flexibility index (Phi) is 7.04. The molecule has 0 radical (unpaired) electrons. The zero-order chi connectivity index (χ0) is 23.3. The van der Waals surface area contributed by atoms with Gasteiger partial charge in [0.25, 0.3) is 5.91 Å². The van der Waals surface area contributed by atoms with Gasteiger partial charge in [-0.15, -0.1) is 0 Å². The van der Waals surface area contributed by atoms with Crippen molar-refractivity contribution >= 4 is 29.1 Å². The molecule has 2 saturated heterocycles. The molecule has 1 amide bonds. The standard InChI is InChI=1S/C26H28ClN5O2/c27-21-7-3-19(4-8-21)24-11-12-28-26(30-24)29-22-9-5-20(6-10-22)25(33)32-15-13-31(14-16-32)18-23-2-1-17-34-23/h3-12,23H,1-2,13-18H2,(H,28,29,30). The number of piperazine rings is 1. The van der Waals surface area contributed by atoms with Gasteiger partial charge in [0.05, 0.1) is 11.8 Å². The molecule has 2 fully saturated rings. The van der Waals surface area contributed by atoms with E-state index in [1.54, 1.807) is 6.20 Å². The summed E-state index contributed by atoms with van der Waals surface area (Å²) in [6.45, 7) is 5.14. The Bertz CT molecular complexity index is 1110. The lowest BCUT2D eigenvalue weighted by atomic mass is 10.1. The van der Waals surface area contributed by atoms with Gasteiger partial charge in [0.15, 0.2) is 0 Å². The second-order valence-corrected chi connectivity index (χ2v) is 9.14. The van der Waals surface area contributed by atoms with Crippen LogP contribution in [0.2, 0.25) is 5.02 Å². The van der Waals surface area contributed by atoms with Crippen molar-refractivity contribution in [2.45, 2.75) is 18.9 Å². The summed E-state index contributed by atoms with van der Waals surface area (Å²) < 4.78 is 5.74. The van der Waals surface area contributed by atoms with Crippen molar-refractivity contribution in [3.8, 4) is 11.3 Å². The Balaban J connectivity index is 1.17. The molecule has 2 aliphatic heterocycles. The van der Waals surface area contributed by atoms with E-state index < -0.39 is 0 Å². The highest BCUT2D eigenvalue weighted by Crippen LogP contribution is 2.22. The third-order valence-electron chi connectivity index (χ3n) is 6.33. The van der Waals surface area contributed by atoms with Crippen LogP contribution in [0.4, 0.5) is 11.6 Å². The number of nitrogens with one attached hydrogen (secondary N) is 1. The van der Waals surface area contributed by atoms with Crippen LogP contribution in [0.5, 0.6) is 0 Å². The first-order chi connectivity index (χ1) is 16.6. The fraction of sp³-hybridized carbons (Fsp3) is 0.346. The van der Waals surface area contributed by atoms with Crippen LogP contribution < -0.4 is 5.32 Å². The molecule has 176 valence electrons. The summed E-state index contributed by atoms with van der Waals surface area (Å²) >= 11 is 5.98. The van der Waals surface area contributed by atoms with Gasteiger partial charge in [0.2, 0.25) is 5.95 Å². The van der Waals surface area contributed by atoms with E-state index in [9.17, 15) is 4.79 Å². The molecule has 0 saturated carbocycles. The van der Waals surface area contributed by atoms with E-state index in [-0.39, 0.29) is 5.91 Å². The number of hydrogen-bond acceptors (Lipinski definition) is 6. The van der Waals surface area contributed by atoms with Crippen molar-refractivity contribution in [2.75, 3.05) is 44.6 Å². The van der Waals surface area contributed by atoms with E-state index in [0.29, 0.717) is 22.6 Å². The van der Waals surface area contributed by atoms with E-state index >= 15 is 0 Å². The molecule has 3 heterocycles. The molecule has 1 unspecified atom stereocenters. The number of carbonyl (C=O) groups excluding carboxylic acids is 1. The molecule has 3 aromatic rings. The normalized spacial score (nSPS) is 18.7. The number of rotatable bonds is 6. The van der Waals surface area contributed by atoms with E-state index in [4.69, 9.17) is 16.3 Å². The summed E-state index contributed by atoms with van der Waals surface area (Å²) in [6, 6.07) is 16.9. The molecule has 5 rings (SSSR count). The third-order valence-corrected chi connectivity index (χ3v) is 6.58. The maximum absolute atomic E-state index is 13.0. The maximum Gasteiger partial charge on any atom is 0.253 e. The Morgan fingerprint density at radius 2 is 1.79 bits per heavy atom. The van der Waals surface area contributed by atoms with Gasteiger partial charge in [0.1, 0.15) is 0 Å². The molecule has 2 aliphatic rings. The summed E-state index contributed by atoms with van der Waals surface area (Å²) in [5.41, 5.74) is 3.28. The van der Waals surface area contributed by atoms with Gasteiger partial charge < -0.3 is 15.0 Å². The van der Waals surface area contributed by atoms with Crippen LogP contribution in [0.25, 0.3) is 11.3 Å². The molecule has 0 spiro atoms. The minimum Gasteiger partial charge on any atom is -0.377 e. The largest absolute Gasteiger partial charge is 0.377 e. The van der Waals surface area contributed by atoms with Gasteiger partial charge in [-0.1, -0.05) is 23.7 Å². The minimum atomic E-state index is 0.0734. The monoisotopic (exact) mass is 477 g/mol. The van der Waals surface area contributed by atoms with Crippen LogP contribution in [0.1, 0.15) is 23.2 Å². The molecule has 0 bridgehead atoms. The molecule has 2 aromatic carbocycles. The Morgan fingerprint density at radius 1 is 1.03 bits per heavy atom. The number of nitrogens with zero attached hydrogens (tertiary/aromatic N) is 4. The SMILES string of the molecule is O=C(c1ccc(Nc2nccc(-c3ccc(Cl)cc3)n2)cc1)N1CCN(CC2CCCO2)CC1. The van der Waals surface area contributed by atoms with Gasteiger partial charge >= 0.3 is 0 Å². The van der Waals surface area contributed by atoms with E-state index in [1.807, 2.05) is 59.5 Å². The van der Waals surface area contributed by atoms with Crippen LogP contribution in [-0.2, 0) is 4.74 Å². The number of anilines is 2. The topological polar surface area (TPSA) is 70.6 Å². The molecule has 1 atom stereocenters. The van der Waals surface area contributed by atoms with E-state index in [1.165, 1.54) is 0 Å². The lowest BCUT2D eigenvalue weighted by molar-refractivity contribution is 0.0433. The van der Waals surface area contributed by atoms with Crippen molar-refractivity contribution in [1.82, 2.24) is 19.8 Å². The maximum atomic E-state index is 13.0. The molecule has 1 N–H and O–H groups in total. The molecule has 0 aliphatic carbocycles.